The minimum atomic E-state index is 0.201. The summed E-state index contributed by atoms with van der Waals surface area (Å²) < 4.78 is 2.15. The third-order valence-corrected chi connectivity index (χ3v) is 3.40. The van der Waals surface area contributed by atoms with Gasteiger partial charge in [-0.3, -0.25) is 4.68 Å². The maximum atomic E-state index is 4.55. The maximum Gasteiger partial charge on any atom is 0.0596 e. The van der Waals surface area contributed by atoms with E-state index < -0.39 is 0 Å². The van der Waals surface area contributed by atoms with Crippen LogP contribution in [0.25, 0.3) is 0 Å². The van der Waals surface area contributed by atoms with Gasteiger partial charge in [0, 0.05) is 17.8 Å². The Balaban J connectivity index is 2.66. The number of aromatic nitrogens is 2. The Labute approximate surface area is 118 Å². The van der Waals surface area contributed by atoms with Crippen molar-refractivity contribution >= 4 is 0 Å². The van der Waals surface area contributed by atoms with E-state index >= 15 is 0 Å². The Kier molecular flexibility index (Phi) is 6.05. The molecule has 1 rings (SSSR count). The third-order valence-electron chi connectivity index (χ3n) is 3.40. The summed E-state index contributed by atoms with van der Waals surface area (Å²) in [6, 6.07) is 2.24. The van der Waals surface area contributed by atoms with Crippen molar-refractivity contribution in [1.82, 2.24) is 15.1 Å². The highest BCUT2D eigenvalue weighted by molar-refractivity contribution is 5.09. The molecule has 0 aliphatic heterocycles. The molecular weight excluding hydrogens is 234 g/mol. The average Bonchev–Trinajstić information content (AvgIpc) is 2.66. The molecule has 1 heterocycles. The van der Waals surface area contributed by atoms with Crippen LogP contribution in [-0.2, 0) is 13.0 Å². The van der Waals surface area contributed by atoms with E-state index in [0.29, 0.717) is 5.92 Å². The van der Waals surface area contributed by atoms with E-state index in [-0.39, 0.29) is 5.54 Å². The van der Waals surface area contributed by atoms with Crippen molar-refractivity contribution in [1.29, 1.82) is 0 Å². The predicted octanol–water partition coefficient (Wildman–Crippen LogP) is 3.56. The van der Waals surface area contributed by atoms with Crippen LogP contribution in [-0.4, -0.2) is 21.9 Å². The molecule has 0 saturated heterocycles. The van der Waals surface area contributed by atoms with E-state index in [4.69, 9.17) is 0 Å². The van der Waals surface area contributed by atoms with Crippen LogP contribution in [0.2, 0.25) is 0 Å². The monoisotopic (exact) mass is 265 g/mol. The van der Waals surface area contributed by atoms with Crippen molar-refractivity contribution in [2.24, 2.45) is 5.92 Å². The van der Waals surface area contributed by atoms with Gasteiger partial charge in [-0.25, -0.2) is 0 Å². The van der Waals surface area contributed by atoms with Crippen LogP contribution >= 0.6 is 0 Å². The first-order valence-electron chi connectivity index (χ1n) is 7.64. The number of hydrogen-bond donors (Lipinski definition) is 1. The lowest BCUT2D eigenvalue weighted by molar-refractivity contribution is 0.350. The molecule has 3 nitrogen and oxygen atoms in total. The lowest BCUT2D eigenvalue weighted by Gasteiger charge is -2.25. The van der Waals surface area contributed by atoms with Crippen molar-refractivity contribution in [3.8, 4) is 0 Å². The normalized spacial score (nSPS) is 13.8. The molecule has 0 aliphatic rings. The van der Waals surface area contributed by atoms with Crippen LogP contribution in [0.15, 0.2) is 6.07 Å². The van der Waals surface area contributed by atoms with Gasteiger partial charge in [-0.15, -0.1) is 0 Å². The summed E-state index contributed by atoms with van der Waals surface area (Å²) >= 11 is 0. The molecule has 0 amide bonds. The van der Waals surface area contributed by atoms with Gasteiger partial charge in [-0.05, 0) is 66.0 Å². The molecule has 3 heteroatoms. The largest absolute Gasteiger partial charge is 0.312 e. The number of hydrogen-bond acceptors (Lipinski definition) is 2. The summed E-state index contributed by atoms with van der Waals surface area (Å²) in [5, 5.41) is 8.19. The van der Waals surface area contributed by atoms with Crippen molar-refractivity contribution in [2.75, 3.05) is 6.54 Å². The van der Waals surface area contributed by atoms with E-state index in [2.05, 4.69) is 62.7 Å². The first kappa shape index (κ1) is 16.2. The predicted molar refractivity (Wildman–Crippen MR) is 82.5 cm³/mol. The van der Waals surface area contributed by atoms with E-state index in [1.807, 2.05) is 0 Å². The van der Waals surface area contributed by atoms with Gasteiger partial charge in [0.25, 0.3) is 0 Å². The highest BCUT2D eigenvalue weighted by Crippen LogP contribution is 2.16. The number of nitrogens with zero attached hydrogens (tertiary/aromatic N) is 2. The van der Waals surface area contributed by atoms with Gasteiger partial charge in [0.2, 0.25) is 0 Å². The van der Waals surface area contributed by atoms with Crippen LogP contribution < -0.4 is 5.32 Å². The number of aryl methyl sites for hydroxylation is 2. The Hall–Kier alpha value is -0.830. The molecule has 19 heavy (non-hydrogen) atoms. The van der Waals surface area contributed by atoms with Gasteiger partial charge >= 0.3 is 0 Å². The second-order valence-electron chi connectivity index (χ2n) is 6.58. The molecule has 0 spiro atoms. The first-order chi connectivity index (χ1) is 8.85. The summed E-state index contributed by atoms with van der Waals surface area (Å²) in [5.41, 5.74) is 2.72. The van der Waals surface area contributed by atoms with Crippen LogP contribution in [0.4, 0.5) is 0 Å². The second-order valence-corrected chi connectivity index (χ2v) is 6.58. The van der Waals surface area contributed by atoms with Crippen molar-refractivity contribution < 1.29 is 0 Å². The van der Waals surface area contributed by atoms with E-state index in [9.17, 15) is 0 Å². The molecule has 0 bridgehead atoms. The Morgan fingerprint density at radius 1 is 1.32 bits per heavy atom. The molecule has 1 N–H and O–H groups in total. The summed E-state index contributed by atoms with van der Waals surface area (Å²) in [4.78, 5) is 0. The van der Waals surface area contributed by atoms with Crippen molar-refractivity contribution in [3.05, 3.63) is 17.5 Å². The van der Waals surface area contributed by atoms with Crippen molar-refractivity contribution in [2.45, 2.75) is 72.9 Å². The molecule has 0 aromatic carbocycles. The van der Waals surface area contributed by atoms with E-state index in [1.54, 1.807) is 0 Å². The van der Waals surface area contributed by atoms with Crippen LogP contribution in [0.3, 0.4) is 0 Å². The van der Waals surface area contributed by atoms with Gasteiger partial charge in [-0.1, -0.05) is 13.3 Å². The molecule has 1 aromatic heterocycles. The number of nitrogens with one attached hydrogen (secondary N) is 1. The second kappa shape index (κ2) is 7.09. The summed E-state index contributed by atoms with van der Waals surface area (Å²) in [5.74, 6) is 0.700. The van der Waals surface area contributed by atoms with Gasteiger partial charge in [0.1, 0.15) is 0 Å². The average molecular weight is 265 g/mol. The summed E-state index contributed by atoms with van der Waals surface area (Å²) in [6.45, 7) is 15.3. The Morgan fingerprint density at radius 3 is 2.53 bits per heavy atom. The fraction of sp³-hybridized carbons (Fsp3) is 0.812. The smallest absolute Gasteiger partial charge is 0.0596 e. The Morgan fingerprint density at radius 2 is 2.00 bits per heavy atom. The van der Waals surface area contributed by atoms with Gasteiger partial charge < -0.3 is 5.32 Å². The van der Waals surface area contributed by atoms with Gasteiger partial charge in [0.15, 0.2) is 0 Å². The molecule has 1 atom stereocenters. The molecule has 1 aromatic rings. The quantitative estimate of drug-likeness (QED) is 0.817. The lowest BCUT2D eigenvalue weighted by Crippen LogP contribution is -2.39. The summed E-state index contributed by atoms with van der Waals surface area (Å²) in [6.07, 6.45) is 3.65. The molecule has 0 saturated carbocycles. The minimum Gasteiger partial charge on any atom is -0.312 e. The summed E-state index contributed by atoms with van der Waals surface area (Å²) in [7, 11) is 0. The molecule has 0 radical (unpaired) electrons. The number of rotatable bonds is 7. The van der Waals surface area contributed by atoms with Crippen LogP contribution in [0, 0.1) is 12.8 Å². The zero-order chi connectivity index (χ0) is 14.5. The fourth-order valence-corrected chi connectivity index (χ4v) is 2.47. The highest BCUT2D eigenvalue weighted by atomic mass is 15.3. The van der Waals surface area contributed by atoms with Gasteiger partial charge in [0.05, 0.1) is 5.69 Å². The van der Waals surface area contributed by atoms with Crippen LogP contribution in [0.1, 0.15) is 58.8 Å². The zero-order valence-corrected chi connectivity index (χ0v) is 13.6. The topological polar surface area (TPSA) is 29.9 Å². The Bertz CT molecular complexity index is 374. The molecule has 1 unspecified atom stereocenters. The first-order valence-corrected chi connectivity index (χ1v) is 7.64. The van der Waals surface area contributed by atoms with E-state index in [1.165, 1.54) is 18.5 Å². The standard InChI is InChI=1S/C16H31N3/c1-7-9-14(12-17-16(4,5)6)11-15-10-13(3)18-19(15)8-2/h10,14,17H,7-9,11-12H2,1-6H3. The minimum absolute atomic E-state index is 0.201. The third kappa shape index (κ3) is 5.77. The molecule has 0 fully saturated rings. The lowest BCUT2D eigenvalue weighted by atomic mass is 9.96. The fourth-order valence-electron chi connectivity index (χ4n) is 2.47. The SMILES string of the molecule is CCCC(CNC(C)(C)C)Cc1cc(C)nn1CC. The van der Waals surface area contributed by atoms with Crippen molar-refractivity contribution in [3.63, 3.8) is 0 Å². The maximum absolute atomic E-state index is 4.55. The molecule has 110 valence electrons. The highest BCUT2D eigenvalue weighted by Gasteiger charge is 2.16. The molecule has 0 aliphatic carbocycles. The van der Waals surface area contributed by atoms with E-state index in [0.717, 1.165) is 25.2 Å². The zero-order valence-electron chi connectivity index (χ0n) is 13.6. The van der Waals surface area contributed by atoms with Crippen LogP contribution in [0.5, 0.6) is 0 Å². The van der Waals surface area contributed by atoms with Gasteiger partial charge in [-0.2, -0.15) is 5.10 Å². The molecular formula is C16H31N3.